The first-order valence-electron chi connectivity index (χ1n) is 5.49. The van der Waals surface area contributed by atoms with Gasteiger partial charge in [0.25, 0.3) is 0 Å². The first-order valence-corrected chi connectivity index (χ1v) is 5.49. The molecule has 1 fully saturated rings. The molecular weight excluding hydrogens is 164 g/mol. The summed E-state index contributed by atoms with van der Waals surface area (Å²) < 4.78 is 0. The minimum atomic E-state index is -0.745. The molecule has 0 aliphatic heterocycles. The van der Waals surface area contributed by atoms with Gasteiger partial charge in [-0.3, -0.25) is 4.79 Å². The Kier molecular flexibility index (Phi) is 9.17. The first kappa shape index (κ1) is 12.5. The lowest BCUT2D eigenvalue weighted by Gasteiger charge is -2.05. The summed E-state index contributed by atoms with van der Waals surface area (Å²) in [4.78, 5) is 9.37. The van der Waals surface area contributed by atoms with Gasteiger partial charge in [0.15, 0.2) is 0 Å². The predicted molar refractivity (Wildman–Crippen MR) is 54.9 cm³/mol. The highest BCUT2D eigenvalue weighted by molar-refractivity contribution is 5.66. The molecule has 0 spiro atoms. The van der Waals surface area contributed by atoms with E-state index in [0.29, 0.717) is 0 Å². The third-order valence-electron chi connectivity index (χ3n) is 2.30. The van der Waals surface area contributed by atoms with E-state index in [0.717, 1.165) is 0 Å². The molecule has 1 aliphatic rings. The molecule has 2 nitrogen and oxygen atoms in total. The maximum absolute atomic E-state index is 9.37. The lowest BCUT2D eigenvalue weighted by molar-refractivity contribution is -0.136. The molecule has 0 amide bonds. The molecule has 78 valence electrons. The molecule has 0 bridgehead atoms. The number of hydrogen-bond acceptors (Lipinski definition) is 1. The molecule has 0 heterocycles. The standard InChI is InChI=1S/C8H16.C3H6O2/c1-2-4-6-8-7-5-3-1;1-2-3(4)5/h1-8H2;2H2,1H3,(H,4,5). The van der Waals surface area contributed by atoms with E-state index in [2.05, 4.69) is 0 Å². The average molecular weight is 186 g/mol. The Balaban J connectivity index is 0.000000252. The van der Waals surface area contributed by atoms with Gasteiger partial charge in [0.05, 0.1) is 0 Å². The van der Waals surface area contributed by atoms with Crippen molar-refractivity contribution < 1.29 is 9.90 Å². The summed E-state index contributed by atoms with van der Waals surface area (Å²) in [6.45, 7) is 1.60. The molecule has 1 saturated carbocycles. The summed E-state index contributed by atoms with van der Waals surface area (Å²) in [7, 11) is 0. The first-order chi connectivity index (χ1) is 6.27. The van der Waals surface area contributed by atoms with E-state index in [1.807, 2.05) is 0 Å². The molecule has 0 aromatic heterocycles. The van der Waals surface area contributed by atoms with Gasteiger partial charge in [0.2, 0.25) is 0 Å². The van der Waals surface area contributed by atoms with Crippen molar-refractivity contribution >= 4 is 5.97 Å². The van der Waals surface area contributed by atoms with Crippen molar-refractivity contribution in [1.29, 1.82) is 0 Å². The smallest absolute Gasteiger partial charge is 0.303 e. The Bertz CT molecular complexity index is 97.3. The van der Waals surface area contributed by atoms with Crippen molar-refractivity contribution in [3.63, 3.8) is 0 Å². The summed E-state index contributed by atoms with van der Waals surface area (Å²) in [5.41, 5.74) is 0. The fourth-order valence-electron chi connectivity index (χ4n) is 1.41. The number of carboxylic acid groups (broad SMARTS) is 1. The van der Waals surface area contributed by atoms with Crippen LogP contribution in [0.2, 0.25) is 0 Å². The second-order valence-electron chi connectivity index (χ2n) is 3.58. The van der Waals surface area contributed by atoms with Crippen LogP contribution in [0, 0.1) is 0 Å². The summed E-state index contributed by atoms with van der Waals surface area (Å²) in [5, 5.41) is 7.72. The molecule has 0 aromatic carbocycles. The maximum Gasteiger partial charge on any atom is 0.303 e. The van der Waals surface area contributed by atoms with Gasteiger partial charge in [-0.05, 0) is 0 Å². The van der Waals surface area contributed by atoms with E-state index in [-0.39, 0.29) is 6.42 Å². The fourth-order valence-corrected chi connectivity index (χ4v) is 1.41. The minimum Gasteiger partial charge on any atom is -0.481 e. The van der Waals surface area contributed by atoms with Crippen molar-refractivity contribution in [2.45, 2.75) is 64.7 Å². The number of aliphatic carboxylic acids is 1. The number of rotatable bonds is 1. The van der Waals surface area contributed by atoms with Crippen LogP contribution in [0.1, 0.15) is 64.7 Å². The van der Waals surface area contributed by atoms with Crippen LogP contribution in [-0.2, 0) is 4.79 Å². The fraction of sp³-hybridized carbons (Fsp3) is 0.909. The lowest BCUT2D eigenvalue weighted by Crippen LogP contribution is -1.86. The molecule has 1 N–H and O–H groups in total. The van der Waals surface area contributed by atoms with Crippen LogP contribution in [0.25, 0.3) is 0 Å². The van der Waals surface area contributed by atoms with Gasteiger partial charge in [-0.25, -0.2) is 0 Å². The van der Waals surface area contributed by atoms with Crippen LogP contribution in [0.5, 0.6) is 0 Å². The van der Waals surface area contributed by atoms with Gasteiger partial charge in [0.1, 0.15) is 0 Å². The molecule has 1 aliphatic carbocycles. The zero-order valence-corrected chi connectivity index (χ0v) is 8.72. The molecule has 0 atom stereocenters. The van der Waals surface area contributed by atoms with Gasteiger partial charge in [-0.2, -0.15) is 0 Å². The van der Waals surface area contributed by atoms with Crippen molar-refractivity contribution in [3.05, 3.63) is 0 Å². The highest BCUT2D eigenvalue weighted by atomic mass is 16.4. The van der Waals surface area contributed by atoms with Gasteiger partial charge in [-0.15, -0.1) is 0 Å². The van der Waals surface area contributed by atoms with Crippen molar-refractivity contribution in [3.8, 4) is 0 Å². The second-order valence-corrected chi connectivity index (χ2v) is 3.58. The van der Waals surface area contributed by atoms with Crippen molar-refractivity contribution in [2.75, 3.05) is 0 Å². The zero-order chi connectivity index (χ0) is 9.94. The summed E-state index contributed by atoms with van der Waals surface area (Å²) in [6.07, 6.45) is 12.2. The molecule has 1 rings (SSSR count). The van der Waals surface area contributed by atoms with Crippen LogP contribution in [-0.4, -0.2) is 11.1 Å². The molecule has 13 heavy (non-hydrogen) atoms. The van der Waals surface area contributed by atoms with Gasteiger partial charge >= 0.3 is 5.97 Å². The van der Waals surface area contributed by atoms with E-state index >= 15 is 0 Å². The largest absolute Gasteiger partial charge is 0.481 e. The molecule has 0 saturated heterocycles. The Morgan fingerprint density at radius 3 is 1.15 bits per heavy atom. The Morgan fingerprint density at radius 2 is 1.08 bits per heavy atom. The Labute approximate surface area is 81.3 Å². The third-order valence-corrected chi connectivity index (χ3v) is 2.30. The zero-order valence-electron chi connectivity index (χ0n) is 8.72. The van der Waals surface area contributed by atoms with Crippen molar-refractivity contribution in [2.24, 2.45) is 0 Å². The van der Waals surface area contributed by atoms with E-state index < -0.39 is 5.97 Å². The van der Waals surface area contributed by atoms with Crippen LogP contribution in [0.15, 0.2) is 0 Å². The molecular formula is C11H22O2. The number of carboxylic acids is 1. The van der Waals surface area contributed by atoms with Crippen LogP contribution >= 0.6 is 0 Å². The van der Waals surface area contributed by atoms with E-state index in [1.54, 1.807) is 6.92 Å². The Hall–Kier alpha value is -0.530. The third kappa shape index (κ3) is 11.5. The highest BCUT2D eigenvalue weighted by Crippen LogP contribution is 2.15. The SMILES string of the molecule is C1CCCCCCC1.CCC(=O)O. The molecule has 0 aromatic rings. The monoisotopic (exact) mass is 186 g/mol. The minimum absolute atomic E-state index is 0.222. The van der Waals surface area contributed by atoms with E-state index in [1.165, 1.54) is 51.4 Å². The Morgan fingerprint density at radius 1 is 0.923 bits per heavy atom. The second kappa shape index (κ2) is 9.56. The summed E-state index contributed by atoms with van der Waals surface area (Å²) in [6, 6.07) is 0. The van der Waals surface area contributed by atoms with E-state index in [9.17, 15) is 4.79 Å². The number of hydrogen-bond donors (Lipinski definition) is 1. The van der Waals surface area contributed by atoms with Crippen LogP contribution in [0.3, 0.4) is 0 Å². The molecule has 0 radical (unpaired) electrons. The van der Waals surface area contributed by atoms with Gasteiger partial charge in [0, 0.05) is 6.42 Å². The quantitative estimate of drug-likeness (QED) is 0.679. The maximum atomic E-state index is 9.37. The molecule has 0 unspecified atom stereocenters. The number of carbonyl (C=O) groups is 1. The van der Waals surface area contributed by atoms with Crippen LogP contribution < -0.4 is 0 Å². The predicted octanol–water partition coefficient (Wildman–Crippen LogP) is 3.60. The van der Waals surface area contributed by atoms with Crippen LogP contribution in [0.4, 0.5) is 0 Å². The van der Waals surface area contributed by atoms with Crippen molar-refractivity contribution in [1.82, 2.24) is 0 Å². The van der Waals surface area contributed by atoms with Gasteiger partial charge in [-0.1, -0.05) is 58.3 Å². The normalized spacial score (nSPS) is 17.6. The summed E-state index contributed by atoms with van der Waals surface area (Å²) >= 11 is 0. The summed E-state index contributed by atoms with van der Waals surface area (Å²) in [5.74, 6) is -0.745. The topological polar surface area (TPSA) is 37.3 Å². The lowest BCUT2D eigenvalue weighted by atomic mass is 10.0. The highest BCUT2D eigenvalue weighted by Gasteiger charge is 1.95. The van der Waals surface area contributed by atoms with Gasteiger partial charge < -0.3 is 5.11 Å². The average Bonchev–Trinajstić information content (AvgIpc) is 2.04. The van der Waals surface area contributed by atoms with E-state index in [4.69, 9.17) is 5.11 Å². The molecule has 2 heteroatoms.